The summed E-state index contributed by atoms with van der Waals surface area (Å²) in [5.41, 5.74) is -2.14. The van der Waals surface area contributed by atoms with Crippen LogP contribution in [0.3, 0.4) is 0 Å². The summed E-state index contributed by atoms with van der Waals surface area (Å²) in [4.78, 5) is 35.6. The molecule has 104 valence electrons. The van der Waals surface area contributed by atoms with Crippen LogP contribution in [0.5, 0.6) is 0 Å². The molecule has 0 aliphatic carbocycles. The van der Waals surface area contributed by atoms with Gasteiger partial charge in [-0.15, -0.1) is 0 Å². The number of rotatable bonds is 3. The van der Waals surface area contributed by atoms with Gasteiger partial charge in [0.15, 0.2) is 5.16 Å². The van der Waals surface area contributed by atoms with Crippen molar-refractivity contribution in [2.45, 2.75) is 10.1 Å². The Labute approximate surface area is 114 Å². The van der Waals surface area contributed by atoms with Crippen molar-refractivity contribution in [3.63, 3.8) is 0 Å². The van der Waals surface area contributed by atoms with Crippen LogP contribution >= 0.6 is 11.8 Å². The Kier molecular flexibility index (Phi) is 3.79. The van der Waals surface area contributed by atoms with Crippen LogP contribution in [0.4, 0.5) is 8.78 Å². The predicted octanol–water partition coefficient (Wildman–Crippen LogP) is 0.710. The van der Waals surface area contributed by atoms with Gasteiger partial charge in [0.25, 0.3) is 0 Å². The van der Waals surface area contributed by atoms with Crippen LogP contribution in [0.25, 0.3) is 0 Å². The van der Waals surface area contributed by atoms with E-state index in [0.717, 1.165) is 16.8 Å². The van der Waals surface area contributed by atoms with E-state index in [9.17, 15) is 23.2 Å². The Morgan fingerprint density at radius 2 is 1.90 bits per heavy atom. The molecule has 1 N–H and O–H groups in total. The molecule has 0 fully saturated rings. The number of hydrogen-bond acceptors (Lipinski definition) is 5. The summed E-state index contributed by atoms with van der Waals surface area (Å²) in [5.74, 6) is -1.92. The Bertz CT molecular complexity index is 777. The number of aldehydes is 1. The standard InChI is InChI=1S/C11H7F2N3O3S/c1-16-11(14-9(18)10(19)15-16)20-8-6(12)2-5(4-17)3-7(8)13/h2-4H,1H3,(H,15,19). The van der Waals surface area contributed by atoms with Gasteiger partial charge < -0.3 is 0 Å². The zero-order valence-corrected chi connectivity index (χ0v) is 10.8. The van der Waals surface area contributed by atoms with Gasteiger partial charge in [0.2, 0.25) is 0 Å². The maximum Gasteiger partial charge on any atom is 0.339 e. The number of aryl methyl sites for hydroxylation is 1. The summed E-state index contributed by atoms with van der Waals surface area (Å²) in [6.45, 7) is 0. The quantitative estimate of drug-likeness (QED) is 0.666. The van der Waals surface area contributed by atoms with E-state index in [0.29, 0.717) is 18.0 Å². The molecule has 20 heavy (non-hydrogen) atoms. The lowest BCUT2D eigenvalue weighted by molar-refractivity contribution is 0.112. The van der Waals surface area contributed by atoms with Crippen molar-refractivity contribution in [2.24, 2.45) is 7.05 Å². The van der Waals surface area contributed by atoms with Gasteiger partial charge in [-0.05, 0) is 23.9 Å². The molecule has 6 nitrogen and oxygen atoms in total. The number of nitrogens with zero attached hydrogens (tertiary/aromatic N) is 2. The maximum atomic E-state index is 13.7. The second-order valence-electron chi connectivity index (χ2n) is 3.73. The van der Waals surface area contributed by atoms with Gasteiger partial charge in [-0.2, -0.15) is 4.98 Å². The van der Waals surface area contributed by atoms with Crippen LogP contribution in [0, 0.1) is 11.6 Å². The third-order valence-electron chi connectivity index (χ3n) is 2.30. The lowest BCUT2D eigenvalue weighted by Crippen LogP contribution is -2.33. The minimum absolute atomic E-state index is 0.0914. The van der Waals surface area contributed by atoms with Crippen molar-refractivity contribution in [3.8, 4) is 0 Å². The van der Waals surface area contributed by atoms with E-state index >= 15 is 0 Å². The largest absolute Gasteiger partial charge is 0.339 e. The highest BCUT2D eigenvalue weighted by Crippen LogP contribution is 2.30. The van der Waals surface area contributed by atoms with Crippen LogP contribution < -0.4 is 11.1 Å². The molecule has 0 aliphatic rings. The molecule has 0 bridgehead atoms. The summed E-state index contributed by atoms with van der Waals surface area (Å²) >= 11 is 0.525. The van der Waals surface area contributed by atoms with Crippen molar-refractivity contribution in [2.75, 3.05) is 0 Å². The molecule has 0 saturated carbocycles. The molecule has 0 unspecified atom stereocenters. The van der Waals surface area contributed by atoms with E-state index in [1.165, 1.54) is 7.05 Å². The first-order chi connectivity index (χ1) is 9.42. The predicted molar refractivity (Wildman–Crippen MR) is 66.0 cm³/mol. The molecule has 0 amide bonds. The van der Waals surface area contributed by atoms with Gasteiger partial charge >= 0.3 is 11.1 Å². The van der Waals surface area contributed by atoms with Crippen molar-refractivity contribution in [1.82, 2.24) is 14.8 Å². The highest BCUT2D eigenvalue weighted by atomic mass is 32.2. The summed E-state index contributed by atoms with van der Waals surface area (Å²) in [6, 6.07) is 1.73. The molecule has 9 heteroatoms. The van der Waals surface area contributed by atoms with Crippen molar-refractivity contribution in [1.29, 1.82) is 0 Å². The molecule has 0 saturated heterocycles. The van der Waals surface area contributed by atoms with Crippen LogP contribution in [0.2, 0.25) is 0 Å². The molecule has 0 spiro atoms. The molecule has 1 heterocycles. The Morgan fingerprint density at radius 3 is 2.45 bits per heavy atom. The number of hydrogen-bond donors (Lipinski definition) is 1. The number of aromatic amines is 1. The van der Waals surface area contributed by atoms with Crippen LogP contribution in [0.1, 0.15) is 10.4 Å². The molecule has 0 radical (unpaired) electrons. The number of aromatic nitrogens is 3. The summed E-state index contributed by atoms with van der Waals surface area (Å²) in [5, 5.41) is 2.06. The lowest BCUT2D eigenvalue weighted by Gasteiger charge is -2.07. The van der Waals surface area contributed by atoms with Gasteiger partial charge in [0.1, 0.15) is 17.9 Å². The molecule has 2 rings (SSSR count). The molecule has 1 aromatic carbocycles. The molecular weight excluding hydrogens is 292 g/mol. The van der Waals surface area contributed by atoms with Gasteiger partial charge in [0, 0.05) is 12.6 Å². The number of nitrogens with one attached hydrogen (secondary N) is 1. The number of H-pyrrole nitrogens is 1. The fourth-order valence-electron chi connectivity index (χ4n) is 1.39. The first-order valence-electron chi connectivity index (χ1n) is 5.22. The maximum absolute atomic E-state index is 13.7. The molecule has 0 atom stereocenters. The van der Waals surface area contributed by atoms with Gasteiger partial charge in [-0.1, -0.05) is 0 Å². The monoisotopic (exact) mass is 299 g/mol. The molecule has 1 aromatic heterocycles. The average molecular weight is 299 g/mol. The van der Waals surface area contributed by atoms with Gasteiger partial charge in [0.05, 0.1) is 4.90 Å². The topological polar surface area (TPSA) is 84.8 Å². The minimum atomic E-state index is -1.06. The van der Waals surface area contributed by atoms with Crippen LogP contribution in [-0.2, 0) is 7.05 Å². The second-order valence-corrected chi connectivity index (χ2v) is 4.71. The number of carbonyl (C=O) groups excluding carboxylic acids is 1. The smallest absolute Gasteiger partial charge is 0.298 e. The van der Waals surface area contributed by atoms with E-state index in [1.54, 1.807) is 0 Å². The van der Waals surface area contributed by atoms with Crippen molar-refractivity contribution >= 4 is 18.0 Å². The Morgan fingerprint density at radius 1 is 1.30 bits per heavy atom. The number of carbonyl (C=O) groups is 1. The Balaban J connectivity index is 2.50. The molecular formula is C11H7F2N3O3S. The SMILES string of the molecule is Cn1[nH]c(=O)c(=O)nc1Sc1c(F)cc(C=O)cc1F. The first kappa shape index (κ1) is 14.1. The first-order valence-corrected chi connectivity index (χ1v) is 6.03. The third kappa shape index (κ3) is 2.67. The van der Waals surface area contributed by atoms with Crippen molar-refractivity contribution < 1.29 is 13.6 Å². The van der Waals surface area contributed by atoms with E-state index in [4.69, 9.17) is 0 Å². The van der Waals surface area contributed by atoms with E-state index in [-0.39, 0.29) is 10.7 Å². The van der Waals surface area contributed by atoms with Crippen LogP contribution in [-0.4, -0.2) is 21.1 Å². The van der Waals surface area contributed by atoms with E-state index in [2.05, 4.69) is 10.1 Å². The van der Waals surface area contributed by atoms with Gasteiger partial charge in [-0.3, -0.25) is 24.2 Å². The Hall–Kier alpha value is -2.29. The number of benzene rings is 1. The summed E-state index contributed by atoms with van der Waals surface area (Å²) in [7, 11) is 1.37. The summed E-state index contributed by atoms with van der Waals surface area (Å²) < 4.78 is 28.4. The minimum Gasteiger partial charge on any atom is -0.298 e. The third-order valence-corrected chi connectivity index (χ3v) is 3.44. The average Bonchev–Trinajstić information content (AvgIpc) is 2.39. The molecule has 0 aliphatic heterocycles. The van der Waals surface area contributed by atoms with Crippen molar-refractivity contribution in [3.05, 3.63) is 50.0 Å². The van der Waals surface area contributed by atoms with Gasteiger partial charge in [-0.25, -0.2) is 8.78 Å². The van der Waals surface area contributed by atoms with Crippen LogP contribution in [0.15, 0.2) is 31.8 Å². The highest BCUT2D eigenvalue weighted by molar-refractivity contribution is 7.99. The fourth-order valence-corrected chi connectivity index (χ4v) is 2.19. The number of halogens is 2. The molecule has 2 aromatic rings. The zero-order chi connectivity index (χ0) is 14.9. The lowest BCUT2D eigenvalue weighted by atomic mass is 10.2. The highest BCUT2D eigenvalue weighted by Gasteiger charge is 2.15. The fraction of sp³-hybridized carbons (Fsp3) is 0.0909. The summed E-state index contributed by atoms with van der Waals surface area (Å²) in [6.07, 6.45) is 0.314. The van der Waals surface area contributed by atoms with E-state index < -0.39 is 27.6 Å². The van der Waals surface area contributed by atoms with E-state index in [1.807, 2.05) is 0 Å². The second kappa shape index (κ2) is 5.37. The zero-order valence-electron chi connectivity index (χ0n) is 10.0. The normalized spacial score (nSPS) is 10.6.